The molecule has 1 saturated heterocycles. The molecule has 1 fully saturated rings. The van der Waals surface area contributed by atoms with Crippen LogP contribution in [0.3, 0.4) is 0 Å². The molecule has 2 rings (SSSR count). The minimum absolute atomic E-state index is 0.111. The van der Waals surface area contributed by atoms with Gasteiger partial charge in [-0.15, -0.1) is 0 Å². The standard InChI is InChI=1S/C19H27N3O5/c1-12(21-17(24)27-19(2,3)4)15(20)16(23)22-14(11-26-18(22)25)10-13-8-6-5-7-9-13/h5-9,12,14-15H,10-11,20H2,1-4H3,(H,21,24)/t12?,14-,15+/m1/s1. The number of nitrogens with zero attached hydrogens (tertiary/aromatic N) is 1. The second-order valence-electron chi connectivity index (χ2n) is 7.59. The monoisotopic (exact) mass is 377 g/mol. The van der Waals surface area contributed by atoms with Gasteiger partial charge in [0.15, 0.2) is 0 Å². The van der Waals surface area contributed by atoms with E-state index in [0.29, 0.717) is 6.42 Å². The number of hydrogen-bond donors (Lipinski definition) is 2. The molecule has 0 bridgehead atoms. The fourth-order valence-electron chi connectivity index (χ4n) is 2.72. The molecule has 0 saturated carbocycles. The topological polar surface area (TPSA) is 111 Å². The molecule has 8 heteroatoms. The SMILES string of the molecule is CC(NC(=O)OC(C)(C)C)[C@H](N)C(=O)N1C(=O)OC[C@H]1Cc1ccccc1. The summed E-state index contributed by atoms with van der Waals surface area (Å²) in [5.41, 5.74) is 6.31. The first-order valence-electron chi connectivity index (χ1n) is 8.87. The number of rotatable bonds is 5. The number of carbonyl (C=O) groups is 3. The lowest BCUT2D eigenvalue weighted by Gasteiger charge is -2.27. The molecule has 1 aromatic carbocycles. The van der Waals surface area contributed by atoms with Gasteiger partial charge in [0.25, 0.3) is 5.91 Å². The van der Waals surface area contributed by atoms with E-state index in [1.165, 1.54) is 0 Å². The first-order chi connectivity index (χ1) is 12.6. The van der Waals surface area contributed by atoms with Gasteiger partial charge in [0.2, 0.25) is 0 Å². The fourth-order valence-corrected chi connectivity index (χ4v) is 2.72. The van der Waals surface area contributed by atoms with Crippen LogP contribution in [-0.4, -0.2) is 53.3 Å². The van der Waals surface area contributed by atoms with Gasteiger partial charge in [0.05, 0.1) is 12.1 Å². The van der Waals surface area contributed by atoms with Crippen LogP contribution in [0, 0.1) is 0 Å². The predicted octanol–water partition coefficient (Wildman–Crippen LogP) is 1.82. The van der Waals surface area contributed by atoms with Crippen LogP contribution in [-0.2, 0) is 20.7 Å². The number of imide groups is 1. The smallest absolute Gasteiger partial charge is 0.417 e. The van der Waals surface area contributed by atoms with Crippen LogP contribution in [0.15, 0.2) is 30.3 Å². The maximum absolute atomic E-state index is 12.8. The normalized spacial score (nSPS) is 19.2. The molecule has 3 amide bonds. The maximum Gasteiger partial charge on any atom is 0.417 e. The average molecular weight is 377 g/mol. The number of nitrogens with two attached hydrogens (primary N) is 1. The van der Waals surface area contributed by atoms with Crippen molar-refractivity contribution in [1.29, 1.82) is 0 Å². The summed E-state index contributed by atoms with van der Waals surface area (Å²) in [6.07, 6.45) is -0.928. The van der Waals surface area contributed by atoms with Crippen LogP contribution in [0.2, 0.25) is 0 Å². The third-order valence-corrected chi connectivity index (χ3v) is 4.08. The fraction of sp³-hybridized carbons (Fsp3) is 0.526. The van der Waals surface area contributed by atoms with E-state index < -0.39 is 41.8 Å². The zero-order valence-corrected chi connectivity index (χ0v) is 16.1. The third kappa shape index (κ3) is 5.68. The van der Waals surface area contributed by atoms with Crippen LogP contribution in [0.5, 0.6) is 0 Å². The Morgan fingerprint density at radius 3 is 2.56 bits per heavy atom. The van der Waals surface area contributed by atoms with Gasteiger partial charge in [-0.3, -0.25) is 4.79 Å². The lowest BCUT2D eigenvalue weighted by molar-refractivity contribution is -0.131. The molecule has 1 unspecified atom stereocenters. The molecule has 1 aromatic rings. The average Bonchev–Trinajstić information content (AvgIpc) is 2.93. The number of carbonyl (C=O) groups excluding carboxylic acids is 3. The van der Waals surface area contributed by atoms with Crippen molar-refractivity contribution >= 4 is 18.1 Å². The summed E-state index contributed by atoms with van der Waals surface area (Å²) < 4.78 is 10.2. The van der Waals surface area contributed by atoms with E-state index in [-0.39, 0.29) is 6.61 Å². The summed E-state index contributed by atoms with van der Waals surface area (Å²) in [6.45, 7) is 6.89. The minimum atomic E-state index is -1.11. The Hall–Kier alpha value is -2.61. The molecule has 0 aromatic heterocycles. The Balaban J connectivity index is 2.02. The van der Waals surface area contributed by atoms with E-state index in [0.717, 1.165) is 10.5 Å². The molecule has 3 atom stereocenters. The van der Waals surface area contributed by atoms with Gasteiger partial charge in [0.1, 0.15) is 18.2 Å². The van der Waals surface area contributed by atoms with E-state index >= 15 is 0 Å². The molecule has 1 aliphatic heterocycles. The van der Waals surface area contributed by atoms with E-state index in [1.54, 1.807) is 27.7 Å². The van der Waals surface area contributed by atoms with Gasteiger partial charge >= 0.3 is 12.2 Å². The minimum Gasteiger partial charge on any atom is -0.447 e. The van der Waals surface area contributed by atoms with Crippen LogP contribution < -0.4 is 11.1 Å². The van der Waals surface area contributed by atoms with Gasteiger partial charge < -0.3 is 20.5 Å². The Kier molecular flexibility index (Phi) is 6.43. The molecule has 0 aliphatic carbocycles. The quantitative estimate of drug-likeness (QED) is 0.810. The van der Waals surface area contributed by atoms with Crippen molar-refractivity contribution in [2.45, 2.75) is 57.8 Å². The number of amides is 3. The number of benzene rings is 1. The van der Waals surface area contributed by atoms with Crippen molar-refractivity contribution in [1.82, 2.24) is 10.2 Å². The summed E-state index contributed by atoms with van der Waals surface area (Å²) in [7, 11) is 0. The van der Waals surface area contributed by atoms with Gasteiger partial charge in [-0.2, -0.15) is 0 Å². The van der Waals surface area contributed by atoms with E-state index in [9.17, 15) is 14.4 Å². The molecule has 27 heavy (non-hydrogen) atoms. The number of hydrogen-bond acceptors (Lipinski definition) is 6. The predicted molar refractivity (Wildman–Crippen MR) is 98.9 cm³/mol. The van der Waals surface area contributed by atoms with E-state index in [4.69, 9.17) is 15.2 Å². The van der Waals surface area contributed by atoms with Crippen LogP contribution in [0.4, 0.5) is 9.59 Å². The largest absolute Gasteiger partial charge is 0.447 e. The second-order valence-corrected chi connectivity index (χ2v) is 7.59. The molecular formula is C19H27N3O5. The highest BCUT2D eigenvalue weighted by Crippen LogP contribution is 2.19. The van der Waals surface area contributed by atoms with Gasteiger partial charge in [-0.1, -0.05) is 30.3 Å². The number of ether oxygens (including phenoxy) is 2. The summed E-state index contributed by atoms with van der Waals surface area (Å²) >= 11 is 0. The Labute approximate surface area is 159 Å². The first-order valence-corrected chi connectivity index (χ1v) is 8.87. The molecule has 148 valence electrons. The van der Waals surface area contributed by atoms with Crippen LogP contribution in [0.25, 0.3) is 0 Å². The Bertz CT molecular complexity index is 686. The van der Waals surface area contributed by atoms with E-state index in [1.807, 2.05) is 30.3 Å². The molecule has 0 radical (unpaired) electrons. The molecule has 8 nitrogen and oxygen atoms in total. The number of nitrogens with one attached hydrogen (secondary N) is 1. The van der Waals surface area contributed by atoms with Gasteiger partial charge in [0, 0.05) is 0 Å². The Morgan fingerprint density at radius 2 is 1.96 bits per heavy atom. The van der Waals surface area contributed by atoms with Gasteiger partial charge in [-0.25, -0.2) is 14.5 Å². The zero-order chi connectivity index (χ0) is 20.2. The summed E-state index contributed by atoms with van der Waals surface area (Å²) in [5.74, 6) is -0.595. The second kappa shape index (κ2) is 8.39. The highest BCUT2D eigenvalue weighted by molar-refractivity contribution is 5.97. The Morgan fingerprint density at radius 1 is 1.33 bits per heavy atom. The summed E-state index contributed by atoms with van der Waals surface area (Å²) in [5, 5.41) is 2.53. The van der Waals surface area contributed by atoms with Gasteiger partial charge in [-0.05, 0) is 39.7 Å². The number of alkyl carbamates (subject to hydrolysis) is 1. The number of cyclic esters (lactones) is 1. The lowest BCUT2D eigenvalue weighted by Crippen LogP contribution is -2.57. The van der Waals surface area contributed by atoms with Crippen molar-refractivity contribution in [3.8, 4) is 0 Å². The summed E-state index contributed by atoms with van der Waals surface area (Å²) in [4.78, 5) is 37.8. The van der Waals surface area contributed by atoms with Crippen molar-refractivity contribution in [3.05, 3.63) is 35.9 Å². The first kappa shape index (κ1) is 20.7. The molecular weight excluding hydrogens is 350 g/mol. The van der Waals surface area contributed by atoms with Crippen molar-refractivity contribution in [3.63, 3.8) is 0 Å². The molecule has 0 spiro atoms. The lowest BCUT2D eigenvalue weighted by atomic mass is 10.0. The zero-order valence-electron chi connectivity index (χ0n) is 16.1. The molecule has 1 aliphatic rings. The van der Waals surface area contributed by atoms with Crippen molar-refractivity contribution < 1.29 is 23.9 Å². The molecule has 1 heterocycles. The maximum atomic E-state index is 12.8. The highest BCUT2D eigenvalue weighted by atomic mass is 16.6. The van der Waals surface area contributed by atoms with Crippen molar-refractivity contribution in [2.24, 2.45) is 5.73 Å². The van der Waals surface area contributed by atoms with Crippen molar-refractivity contribution in [2.75, 3.05) is 6.61 Å². The summed E-state index contributed by atoms with van der Waals surface area (Å²) in [6, 6.07) is 7.22. The highest BCUT2D eigenvalue weighted by Gasteiger charge is 2.41. The van der Waals surface area contributed by atoms with E-state index in [2.05, 4.69) is 5.32 Å². The molecule has 3 N–H and O–H groups in total. The van der Waals surface area contributed by atoms with Crippen LogP contribution >= 0.6 is 0 Å². The third-order valence-electron chi connectivity index (χ3n) is 4.08. The van der Waals surface area contributed by atoms with Crippen LogP contribution in [0.1, 0.15) is 33.3 Å².